The zero-order chi connectivity index (χ0) is 17.4. The average Bonchev–Trinajstić information content (AvgIpc) is 3.06. The Morgan fingerprint density at radius 1 is 1.24 bits per heavy atom. The third kappa shape index (κ3) is 2.99. The van der Waals surface area contributed by atoms with Gasteiger partial charge in [-0.2, -0.15) is 9.97 Å². The summed E-state index contributed by atoms with van der Waals surface area (Å²) in [6, 6.07) is 2.05. The van der Waals surface area contributed by atoms with Crippen molar-refractivity contribution in [3.05, 3.63) is 17.7 Å². The largest absolute Gasteiger partial charge is 0.481 e. The highest BCUT2D eigenvalue weighted by Gasteiger charge is 2.31. The number of nitrogens with two attached hydrogens (primary N) is 1. The number of aromatic nitrogens is 5. The van der Waals surface area contributed by atoms with E-state index in [2.05, 4.69) is 36.6 Å². The third-order valence-corrected chi connectivity index (χ3v) is 4.88. The van der Waals surface area contributed by atoms with E-state index in [0.29, 0.717) is 18.3 Å². The molecule has 25 heavy (non-hydrogen) atoms. The number of nitrogen functional groups attached to an aromatic ring is 1. The van der Waals surface area contributed by atoms with Crippen molar-refractivity contribution in [1.29, 1.82) is 0 Å². The van der Waals surface area contributed by atoms with Gasteiger partial charge in [-0.3, -0.25) is 0 Å². The number of methoxy groups -OCH3 is 1. The molecule has 0 saturated carbocycles. The molecule has 0 unspecified atom stereocenters. The number of nitrogens with zero attached hydrogens (tertiary/aromatic N) is 6. The molecule has 0 aliphatic carbocycles. The van der Waals surface area contributed by atoms with Gasteiger partial charge in [-0.05, 0) is 19.8 Å². The van der Waals surface area contributed by atoms with Crippen LogP contribution in [0.3, 0.4) is 0 Å². The maximum absolute atomic E-state index is 5.80. The molecule has 134 valence electrons. The molecule has 0 aromatic carbocycles. The van der Waals surface area contributed by atoms with Gasteiger partial charge in [0.2, 0.25) is 11.8 Å². The Kier molecular flexibility index (Phi) is 4.16. The van der Waals surface area contributed by atoms with Gasteiger partial charge in [-0.1, -0.05) is 0 Å². The summed E-state index contributed by atoms with van der Waals surface area (Å²) in [5.74, 6) is 3.89. The number of ether oxygens (including phenoxy) is 2. The summed E-state index contributed by atoms with van der Waals surface area (Å²) in [7, 11) is 1.57. The standard InChI is InChI=1S/C16H23N7O2/c1-10-8-22(12-7-14(24-2)19-16(17)18-12)9-13-20-21-15(23(10)13)11-3-5-25-6-4-11/h7,10-11H,3-6,8-9H2,1-2H3,(H2,17,18,19)/t10-/m0/s1. The van der Waals surface area contributed by atoms with Gasteiger partial charge >= 0.3 is 0 Å². The fraction of sp³-hybridized carbons (Fsp3) is 0.625. The molecule has 0 spiro atoms. The lowest BCUT2D eigenvalue weighted by Crippen LogP contribution is -2.38. The van der Waals surface area contributed by atoms with Gasteiger partial charge in [0, 0.05) is 31.7 Å². The number of hydrogen-bond acceptors (Lipinski definition) is 8. The van der Waals surface area contributed by atoms with E-state index >= 15 is 0 Å². The summed E-state index contributed by atoms with van der Waals surface area (Å²) in [5.41, 5.74) is 5.80. The SMILES string of the molecule is COc1cc(N2Cc3nnc(C4CCOCC4)n3[C@@H](C)C2)nc(N)n1. The Labute approximate surface area is 146 Å². The smallest absolute Gasteiger partial charge is 0.225 e. The molecule has 2 aromatic rings. The molecule has 9 nitrogen and oxygen atoms in total. The van der Waals surface area contributed by atoms with Crippen LogP contribution in [-0.2, 0) is 11.3 Å². The summed E-state index contributed by atoms with van der Waals surface area (Å²) < 4.78 is 13.0. The van der Waals surface area contributed by atoms with Crippen LogP contribution in [0.15, 0.2) is 6.07 Å². The zero-order valence-electron chi connectivity index (χ0n) is 14.6. The van der Waals surface area contributed by atoms with E-state index in [1.165, 1.54) is 0 Å². The molecule has 2 aliphatic rings. The monoisotopic (exact) mass is 345 g/mol. The van der Waals surface area contributed by atoms with Crippen LogP contribution in [0.1, 0.15) is 43.4 Å². The van der Waals surface area contributed by atoms with Crippen molar-refractivity contribution >= 4 is 11.8 Å². The predicted octanol–water partition coefficient (Wildman–Crippen LogP) is 1.13. The van der Waals surface area contributed by atoms with Crippen molar-refractivity contribution in [1.82, 2.24) is 24.7 Å². The van der Waals surface area contributed by atoms with Crippen molar-refractivity contribution in [2.45, 2.75) is 38.3 Å². The molecule has 2 N–H and O–H groups in total. The Morgan fingerprint density at radius 3 is 2.80 bits per heavy atom. The molecule has 0 bridgehead atoms. The quantitative estimate of drug-likeness (QED) is 0.883. The summed E-state index contributed by atoms with van der Waals surface area (Å²) >= 11 is 0. The van der Waals surface area contributed by atoms with Gasteiger partial charge in [0.1, 0.15) is 11.6 Å². The highest BCUT2D eigenvalue weighted by Crippen LogP contribution is 2.32. The fourth-order valence-electron chi connectivity index (χ4n) is 3.67. The molecule has 4 heterocycles. The van der Waals surface area contributed by atoms with Crippen LogP contribution in [0, 0.1) is 0 Å². The Morgan fingerprint density at radius 2 is 2.04 bits per heavy atom. The topological polar surface area (TPSA) is 104 Å². The Balaban J connectivity index is 1.62. The minimum atomic E-state index is 0.205. The number of rotatable bonds is 3. The molecule has 9 heteroatoms. The number of hydrogen-bond donors (Lipinski definition) is 1. The van der Waals surface area contributed by atoms with Gasteiger partial charge in [0.05, 0.1) is 19.7 Å². The second-order valence-corrected chi connectivity index (χ2v) is 6.59. The predicted molar refractivity (Wildman–Crippen MR) is 91.6 cm³/mol. The van der Waals surface area contributed by atoms with Crippen LogP contribution < -0.4 is 15.4 Å². The average molecular weight is 345 g/mol. The van der Waals surface area contributed by atoms with Gasteiger partial charge in [-0.15, -0.1) is 10.2 Å². The van der Waals surface area contributed by atoms with Crippen LogP contribution in [0.2, 0.25) is 0 Å². The van der Waals surface area contributed by atoms with Gasteiger partial charge in [-0.25, -0.2) is 0 Å². The summed E-state index contributed by atoms with van der Waals surface area (Å²) in [6.07, 6.45) is 2.02. The summed E-state index contributed by atoms with van der Waals surface area (Å²) in [4.78, 5) is 10.5. The molecule has 1 fully saturated rings. The minimum absolute atomic E-state index is 0.205. The third-order valence-electron chi connectivity index (χ3n) is 4.88. The molecule has 2 aliphatic heterocycles. The van der Waals surface area contributed by atoms with Crippen molar-refractivity contribution in [2.75, 3.05) is 37.5 Å². The highest BCUT2D eigenvalue weighted by atomic mass is 16.5. The zero-order valence-corrected chi connectivity index (χ0v) is 14.6. The maximum Gasteiger partial charge on any atom is 0.225 e. The summed E-state index contributed by atoms with van der Waals surface area (Å²) in [5, 5.41) is 8.95. The van der Waals surface area contributed by atoms with E-state index in [1.54, 1.807) is 13.2 Å². The molecule has 4 rings (SSSR count). The molecule has 1 atom stereocenters. The lowest BCUT2D eigenvalue weighted by molar-refractivity contribution is 0.0823. The Bertz CT molecular complexity index is 757. The first-order valence-corrected chi connectivity index (χ1v) is 8.60. The minimum Gasteiger partial charge on any atom is -0.481 e. The van der Waals surface area contributed by atoms with Crippen LogP contribution in [0.25, 0.3) is 0 Å². The molecule has 0 amide bonds. The highest BCUT2D eigenvalue weighted by molar-refractivity contribution is 5.46. The molecular formula is C16H23N7O2. The lowest BCUT2D eigenvalue weighted by Gasteiger charge is -2.34. The van der Waals surface area contributed by atoms with Gasteiger partial charge in [0.15, 0.2) is 5.82 Å². The Hall–Kier alpha value is -2.42. The second kappa shape index (κ2) is 6.47. The van der Waals surface area contributed by atoms with Crippen molar-refractivity contribution in [2.24, 2.45) is 0 Å². The van der Waals surface area contributed by atoms with Crippen molar-refractivity contribution in [3.8, 4) is 5.88 Å². The van der Waals surface area contributed by atoms with Gasteiger partial charge in [0.25, 0.3) is 0 Å². The van der Waals surface area contributed by atoms with Crippen LogP contribution in [0.5, 0.6) is 5.88 Å². The van der Waals surface area contributed by atoms with Crippen molar-refractivity contribution < 1.29 is 9.47 Å². The number of anilines is 2. The van der Waals surface area contributed by atoms with E-state index in [1.807, 2.05) is 0 Å². The lowest BCUT2D eigenvalue weighted by atomic mass is 9.99. The fourth-order valence-corrected chi connectivity index (χ4v) is 3.67. The maximum atomic E-state index is 5.80. The second-order valence-electron chi connectivity index (χ2n) is 6.59. The first-order valence-electron chi connectivity index (χ1n) is 8.60. The van der Waals surface area contributed by atoms with Gasteiger partial charge < -0.3 is 24.7 Å². The van der Waals surface area contributed by atoms with E-state index in [-0.39, 0.29) is 12.0 Å². The molecule has 2 aromatic heterocycles. The van der Waals surface area contributed by atoms with E-state index in [4.69, 9.17) is 15.2 Å². The normalized spacial score (nSPS) is 21.2. The van der Waals surface area contributed by atoms with E-state index in [0.717, 1.165) is 50.1 Å². The van der Waals surface area contributed by atoms with Crippen LogP contribution >= 0.6 is 0 Å². The first-order chi connectivity index (χ1) is 12.2. The van der Waals surface area contributed by atoms with Crippen molar-refractivity contribution in [3.63, 3.8) is 0 Å². The van der Waals surface area contributed by atoms with Crippen LogP contribution in [-0.4, -0.2) is 51.6 Å². The van der Waals surface area contributed by atoms with Crippen LogP contribution in [0.4, 0.5) is 11.8 Å². The van der Waals surface area contributed by atoms with E-state index < -0.39 is 0 Å². The molecule has 0 radical (unpaired) electrons. The molecule has 1 saturated heterocycles. The first kappa shape index (κ1) is 16.1. The van der Waals surface area contributed by atoms with E-state index in [9.17, 15) is 0 Å². The number of fused-ring (bicyclic) bond motifs is 1. The summed E-state index contributed by atoms with van der Waals surface area (Å²) in [6.45, 7) is 5.23. The molecular weight excluding hydrogens is 322 g/mol.